The predicted octanol–water partition coefficient (Wildman–Crippen LogP) is 2.72. The monoisotopic (exact) mass is 288 g/mol. The molecule has 1 atom stereocenters. The van der Waals surface area contributed by atoms with Gasteiger partial charge in [0.15, 0.2) is 4.34 Å². The van der Waals surface area contributed by atoms with Crippen LogP contribution in [0.2, 0.25) is 0 Å². The Bertz CT molecular complexity index is 357. The van der Waals surface area contributed by atoms with Crippen LogP contribution in [0.4, 0.5) is 5.13 Å². The largest absolute Gasteiger partial charge is 0.353 e. The lowest BCUT2D eigenvalue weighted by molar-refractivity contribution is 0.295. The van der Waals surface area contributed by atoms with E-state index in [1.54, 1.807) is 23.1 Å². The molecule has 4 nitrogen and oxygen atoms in total. The second kappa shape index (κ2) is 6.73. The van der Waals surface area contributed by atoms with E-state index in [9.17, 15) is 0 Å². The van der Waals surface area contributed by atoms with E-state index in [1.165, 1.54) is 0 Å². The molecule has 1 aromatic heterocycles. The molecule has 0 spiro atoms. The maximum atomic E-state index is 4.21. The molecule has 0 aromatic carbocycles. The van der Waals surface area contributed by atoms with Gasteiger partial charge >= 0.3 is 0 Å². The van der Waals surface area contributed by atoms with Crippen LogP contribution in [0.1, 0.15) is 27.7 Å². The van der Waals surface area contributed by atoms with Crippen molar-refractivity contribution in [2.24, 2.45) is 5.41 Å². The van der Waals surface area contributed by atoms with Crippen LogP contribution in [-0.4, -0.2) is 42.6 Å². The molecule has 6 heteroatoms. The Kier molecular flexibility index (Phi) is 5.88. The van der Waals surface area contributed by atoms with Crippen LogP contribution >= 0.6 is 23.1 Å². The number of anilines is 1. The molecule has 1 heterocycles. The van der Waals surface area contributed by atoms with Crippen molar-refractivity contribution in [1.82, 2.24) is 15.5 Å². The number of aromatic nitrogens is 2. The maximum Gasteiger partial charge on any atom is 0.208 e. The third kappa shape index (κ3) is 4.74. The summed E-state index contributed by atoms with van der Waals surface area (Å²) in [6.45, 7) is 9.96. The topological polar surface area (TPSA) is 41.1 Å². The Hall–Kier alpha value is -0.330. The van der Waals surface area contributed by atoms with Crippen molar-refractivity contribution in [2.45, 2.75) is 38.1 Å². The van der Waals surface area contributed by atoms with Gasteiger partial charge in [0.25, 0.3) is 0 Å². The van der Waals surface area contributed by atoms with Gasteiger partial charge in [0.2, 0.25) is 5.13 Å². The van der Waals surface area contributed by atoms with E-state index in [0.29, 0.717) is 6.04 Å². The fourth-order valence-corrected chi connectivity index (χ4v) is 3.65. The average Bonchev–Trinajstić information content (AvgIpc) is 2.71. The maximum absolute atomic E-state index is 4.21. The first-order valence-electron chi connectivity index (χ1n) is 6.21. The highest BCUT2D eigenvalue weighted by atomic mass is 32.2. The lowest BCUT2D eigenvalue weighted by Gasteiger charge is -2.30. The zero-order valence-corrected chi connectivity index (χ0v) is 13.8. The number of nitrogens with zero attached hydrogens (tertiary/aromatic N) is 3. The molecule has 0 aliphatic heterocycles. The van der Waals surface area contributed by atoms with E-state index >= 15 is 0 Å². The normalized spacial score (nSPS) is 13.7. The second-order valence-corrected chi connectivity index (χ2v) is 7.76. The Balaban J connectivity index is 2.56. The van der Waals surface area contributed by atoms with E-state index in [2.05, 4.69) is 43.2 Å². The van der Waals surface area contributed by atoms with Crippen molar-refractivity contribution in [1.29, 1.82) is 0 Å². The van der Waals surface area contributed by atoms with Gasteiger partial charge in [0.1, 0.15) is 0 Å². The lowest BCUT2D eigenvalue weighted by atomic mass is 9.88. The van der Waals surface area contributed by atoms with E-state index in [0.717, 1.165) is 21.8 Å². The van der Waals surface area contributed by atoms with Crippen molar-refractivity contribution in [3.63, 3.8) is 0 Å². The molecule has 1 aromatic rings. The molecular formula is C12H24N4S2. The molecule has 1 rings (SSSR count). The molecule has 0 aliphatic rings. The van der Waals surface area contributed by atoms with Gasteiger partial charge in [-0.2, -0.15) is 0 Å². The zero-order chi connectivity index (χ0) is 13.8. The highest BCUT2D eigenvalue weighted by Gasteiger charge is 2.24. The van der Waals surface area contributed by atoms with Gasteiger partial charge in [-0.25, -0.2) is 0 Å². The van der Waals surface area contributed by atoms with Crippen LogP contribution in [0, 0.1) is 5.41 Å². The number of rotatable bonds is 6. The minimum atomic E-state index is 0.262. The minimum Gasteiger partial charge on any atom is -0.353 e. The van der Waals surface area contributed by atoms with Gasteiger partial charge in [0, 0.05) is 25.9 Å². The molecule has 104 valence electrons. The van der Waals surface area contributed by atoms with Crippen molar-refractivity contribution in [3.8, 4) is 0 Å². The summed E-state index contributed by atoms with van der Waals surface area (Å²) in [7, 11) is 3.98. The van der Waals surface area contributed by atoms with Crippen LogP contribution < -0.4 is 10.2 Å². The third-order valence-electron chi connectivity index (χ3n) is 2.65. The van der Waals surface area contributed by atoms with Crippen LogP contribution in [0.15, 0.2) is 4.34 Å². The minimum absolute atomic E-state index is 0.262. The molecular weight excluding hydrogens is 264 g/mol. The summed E-state index contributed by atoms with van der Waals surface area (Å²) in [6, 6.07) is 0.485. The summed E-state index contributed by atoms with van der Waals surface area (Å²) in [5, 5.41) is 12.9. The van der Waals surface area contributed by atoms with Gasteiger partial charge in [-0.3, -0.25) is 0 Å². The summed E-state index contributed by atoms with van der Waals surface area (Å²) < 4.78 is 1.05. The van der Waals surface area contributed by atoms with Crippen LogP contribution in [-0.2, 0) is 0 Å². The van der Waals surface area contributed by atoms with Gasteiger partial charge in [-0.15, -0.1) is 10.2 Å². The quantitative estimate of drug-likeness (QED) is 0.815. The molecule has 1 unspecified atom stereocenters. The van der Waals surface area contributed by atoms with E-state index in [1.807, 2.05) is 19.0 Å². The van der Waals surface area contributed by atoms with E-state index < -0.39 is 0 Å². The molecule has 0 saturated carbocycles. The van der Waals surface area contributed by atoms with Crippen LogP contribution in [0.5, 0.6) is 0 Å². The number of thioether (sulfide) groups is 1. The highest BCUT2D eigenvalue weighted by molar-refractivity contribution is 8.01. The average molecular weight is 288 g/mol. The Morgan fingerprint density at radius 2 is 2.00 bits per heavy atom. The Labute approximate surface area is 119 Å². The molecule has 18 heavy (non-hydrogen) atoms. The summed E-state index contributed by atoms with van der Waals surface area (Å²) in [6.07, 6.45) is 0. The van der Waals surface area contributed by atoms with Crippen LogP contribution in [0.25, 0.3) is 0 Å². The van der Waals surface area contributed by atoms with Crippen molar-refractivity contribution in [2.75, 3.05) is 31.3 Å². The smallest absolute Gasteiger partial charge is 0.208 e. The summed E-state index contributed by atoms with van der Waals surface area (Å²) in [5.41, 5.74) is 0.262. The number of nitrogens with one attached hydrogen (secondary N) is 1. The SMILES string of the molecule is CCNC(CSc1nnc(N(C)C)s1)C(C)(C)C. The molecule has 0 bridgehead atoms. The van der Waals surface area contributed by atoms with E-state index in [-0.39, 0.29) is 5.41 Å². The lowest BCUT2D eigenvalue weighted by Crippen LogP contribution is -2.42. The zero-order valence-electron chi connectivity index (χ0n) is 12.1. The summed E-state index contributed by atoms with van der Waals surface area (Å²) in [5.74, 6) is 1.03. The van der Waals surface area contributed by atoms with E-state index in [4.69, 9.17) is 0 Å². The second-order valence-electron chi connectivity index (χ2n) is 5.53. The highest BCUT2D eigenvalue weighted by Crippen LogP contribution is 2.30. The summed E-state index contributed by atoms with van der Waals surface area (Å²) >= 11 is 3.44. The number of hydrogen-bond donors (Lipinski definition) is 1. The first kappa shape index (κ1) is 15.7. The summed E-state index contributed by atoms with van der Waals surface area (Å²) in [4.78, 5) is 1.99. The van der Waals surface area contributed by atoms with Crippen molar-refractivity contribution >= 4 is 28.2 Å². The molecule has 0 radical (unpaired) electrons. The fraction of sp³-hybridized carbons (Fsp3) is 0.833. The molecule has 1 N–H and O–H groups in total. The Morgan fingerprint density at radius 3 is 2.44 bits per heavy atom. The fourth-order valence-electron chi connectivity index (χ4n) is 1.46. The first-order valence-corrected chi connectivity index (χ1v) is 8.01. The predicted molar refractivity (Wildman–Crippen MR) is 81.9 cm³/mol. The van der Waals surface area contributed by atoms with Gasteiger partial charge < -0.3 is 10.2 Å². The van der Waals surface area contributed by atoms with Crippen molar-refractivity contribution in [3.05, 3.63) is 0 Å². The molecule has 0 aliphatic carbocycles. The Morgan fingerprint density at radius 1 is 1.33 bits per heavy atom. The number of hydrogen-bond acceptors (Lipinski definition) is 6. The molecule has 0 amide bonds. The van der Waals surface area contributed by atoms with Gasteiger partial charge in [-0.1, -0.05) is 50.8 Å². The molecule has 0 fully saturated rings. The third-order valence-corrected chi connectivity index (χ3v) is 4.97. The van der Waals surface area contributed by atoms with Crippen molar-refractivity contribution < 1.29 is 0 Å². The van der Waals surface area contributed by atoms with Crippen LogP contribution in [0.3, 0.4) is 0 Å². The van der Waals surface area contributed by atoms with Gasteiger partial charge in [-0.05, 0) is 12.0 Å². The molecule has 0 saturated heterocycles. The first-order chi connectivity index (χ1) is 8.34. The standard InChI is InChI=1S/C12H24N4S2/c1-7-13-9(12(2,3)4)8-17-11-15-14-10(18-11)16(5)6/h9,13H,7-8H2,1-6H3. The van der Waals surface area contributed by atoms with Gasteiger partial charge in [0.05, 0.1) is 0 Å².